The van der Waals surface area contributed by atoms with Gasteiger partial charge in [-0.05, 0) is 26.3 Å². The highest BCUT2D eigenvalue weighted by Gasteiger charge is 2.50. The van der Waals surface area contributed by atoms with Gasteiger partial charge in [0.2, 0.25) is 0 Å². The largest absolute Gasteiger partial charge is 0.523 e. The van der Waals surface area contributed by atoms with Crippen LogP contribution in [0.5, 0.6) is 0 Å². The second-order valence-electron chi connectivity index (χ2n) is 6.02. The zero-order valence-electron chi connectivity index (χ0n) is 13.9. The van der Waals surface area contributed by atoms with E-state index < -0.39 is 39.9 Å². The average molecular weight is 384 g/mol. The Kier molecular flexibility index (Phi) is 6.98. The molecule has 6 nitrogen and oxygen atoms in total. The van der Waals surface area contributed by atoms with Crippen LogP contribution in [-0.4, -0.2) is 38.2 Å². The van der Waals surface area contributed by atoms with Crippen LogP contribution in [0, 0.1) is 0 Å². The second-order valence-corrected chi connectivity index (χ2v) is 7.58. The van der Waals surface area contributed by atoms with Gasteiger partial charge >= 0.3 is 21.6 Å². The van der Waals surface area contributed by atoms with E-state index in [0.717, 1.165) is 0 Å². The maximum Gasteiger partial charge on any atom is 0.523 e. The Hall–Kier alpha value is -1.65. The van der Waals surface area contributed by atoms with Crippen LogP contribution in [0.25, 0.3) is 0 Å². The first kappa shape index (κ1) is 21.4. The molecular formula is C15H19F3O6S. The van der Waals surface area contributed by atoms with Crippen LogP contribution >= 0.6 is 0 Å². The van der Waals surface area contributed by atoms with Crippen molar-refractivity contribution in [3.63, 3.8) is 0 Å². The first-order chi connectivity index (χ1) is 11.3. The number of esters is 1. The quantitative estimate of drug-likeness (QED) is 0.409. The Balaban J connectivity index is 2.82. The van der Waals surface area contributed by atoms with Crippen LogP contribution in [0.15, 0.2) is 30.3 Å². The number of ether oxygens (including phenoxy) is 2. The SMILES string of the molecule is CC(C)(C)OC(=O)[C@H](COCc1ccccc1)OS(=O)(=O)C(F)(F)F. The highest BCUT2D eigenvalue weighted by molar-refractivity contribution is 7.87. The lowest BCUT2D eigenvalue weighted by Crippen LogP contribution is -2.40. The molecule has 0 aliphatic heterocycles. The van der Waals surface area contributed by atoms with E-state index in [4.69, 9.17) is 9.47 Å². The van der Waals surface area contributed by atoms with Gasteiger partial charge in [0.25, 0.3) is 0 Å². The molecule has 25 heavy (non-hydrogen) atoms. The Morgan fingerprint density at radius 1 is 1.12 bits per heavy atom. The maximum atomic E-state index is 12.5. The summed E-state index contributed by atoms with van der Waals surface area (Å²) in [7, 11) is -5.97. The molecule has 1 aromatic carbocycles. The first-order valence-electron chi connectivity index (χ1n) is 7.16. The highest BCUT2D eigenvalue weighted by atomic mass is 32.2. The first-order valence-corrected chi connectivity index (χ1v) is 8.57. The molecule has 10 heteroatoms. The van der Waals surface area contributed by atoms with Crippen LogP contribution in [0.1, 0.15) is 26.3 Å². The van der Waals surface area contributed by atoms with Gasteiger partial charge in [-0.15, -0.1) is 0 Å². The average Bonchev–Trinajstić information content (AvgIpc) is 2.44. The molecule has 1 aromatic rings. The van der Waals surface area contributed by atoms with Crippen molar-refractivity contribution in [1.82, 2.24) is 0 Å². The molecule has 0 radical (unpaired) electrons. The summed E-state index contributed by atoms with van der Waals surface area (Å²) in [5.74, 6) is -1.27. The number of hydrogen-bond donors (Lipinski definition) is 0. The lowest BCUT2D eigenvalue weighted by Gasteiger charge is -2.24. The van der Waals surface area contributed by atoms with E-state index in [2.05, 4.69) is 4.18 Å². The van der Waals surface area contributed by atoms with Gasteiger partial charge in [-0.1, -0.05) is 30.3 Å². The summed E-state index contributed by atoms with van der Waals surface area (Å²) < 4.78 is 73.7. The molecule has 0 bridgehead atoms. The molecule has 1 rings (SSSR count). The maximum absolute atomic E-state index is 12.5. The van der Waals surface area contributed by atoms with E-state index in [1.54, 1.807) is 30.3 Å². The van der Waals surface area contributed by atoms with Gasteiger partial charge < -0.3 is 9.47 Å². The van der Waals surface area contributed by atoms with E-state index in [1.807, 2.05) is 0 Å². The van der Waals surface area contributed by atoms with Crippen molar-refractivity contribution in [2.75, 3.05) is 6.61 Å². The van der Waals surface area contributed by atoms with Crippen molar-refractivity contribution in [1.29, 1.82) is 0 Å². The summed E-state index contributed by atoms with van der Waals surface area (Å²) in [5.41, 5.74) is -6.02. The van der Waals surface area contributed by atoms with Gasteiger partial charge in [0.15, 0.2) is 6.10 Å². The fourth-order valence-electron chi connectivity index (χ4n) is 1.57. The van der Waals surface area contributed by atoms with Crippen LogP contribution in [0.4, 0.5) is 13.2 Å². The lowest BCUT2D eigenvalue weighted by atomic mass is 10.2. The van der Waals surface area contributed by atoms with E-state index in [1.165, 1.54) is 20.8 Å². The van der Waals surface area contributed by atoms with E-state index >= 15 is 0 Å². The third-order valence-electron chi connectivity index (χ3n) is 2.58. The molecule has 0 fully saturated rings. The second kappa shape index (κ2) is 8.15. The van der Waals surface area contributed by atoms with Crippen LogP contribution in [0.2, 0.25) is 0 Å². The van der Waals surface area contributed by atoms with Gasteiger partial charge in [-0.25, -0.2) is 8.98 Å². The smallest absolute Gasteiger partial charge is 0.458 e. The lowest BCUT2D eigenvalue weighted by molar-refractivity contribution is -0.167. The summed E-state index contributed by atoms with van der Waals surface area (Å²) >= 11 is 0. The number of carbonyl (C=O) groups is 1. The fourth-order valence-corrected chi connectivity index (χ4v) is 2.12. The third kappa shape index (κ3) is 7.41. The predicted molar refractivity (Wildman–Crippen MR) is 81.8 cm³/mol. The van der Waals surface area contributed by atoms with Crippen LogP contribution < -0.4 is 0 Å². The number of carbonyl (C=O) groups excluding carboxylic acids is 1. The van der Waals surface area contributed by atoms with Crippen LogP contribution in [-0.2, 0) is 35.2 Å². The molecule has 142 valence electrons. The topological polar surface area (TPSA) is 78.9 Å². The van der Waals surface area contributed by atoms with Gasteiger partial charge in [-0.3, -0.25) is 0 Å². The van der Waals surface area contributed by atoms with Gasteiger partial charge in [0, 0.05) is 0 Å². The molecule has 0 spiro atoms. The Morgan fingerprint density at radius 3 is 2.16 bits per heavy atom. The summed E-state index contributed by atoms with van der Waals surface area (Å²) in [6.45, 7) is 3.66. The molecule has 0 saturated heterocycles. The molecule has 0 unspecified atom stereocenters. The van der Waals surface area contributed by atoms with E-state index in [-0.39, 0.29) is 6.61 Å². The van der Waals surface area contributed by atoms with Crippen molar-refractivity contribution in [3.05, 3.63) is 35.9 Å². The summed E-state index contributed by atoms with van der Waals surface area (Å²) in [4.78, 5) is 11.9. The molecule has 1 atom stereocenters. The molecule has 0 amide bonds. The van der Waals surface area contributed by atoms with E-state index in [9.17, 15) is 26.4 Å². The molecule has 0 N–H and O–H groups in total. The number of hydrogen-bond acceptors (Lipinski definition) is 6. The monoisotopic (exact) mass is 384 g/mol. The summed E-state index contributed by atoms with van der Waals surface area (Å²) in [6, 6.07) is 8.57. The van der Waals surface area contributed by atoms with Gasteiger partial charge in [-0.2, -0.15) is 21.6 Å². The van der Waals surface area contributed by atoms with Crippen molar-refractivity contribution >= 4 is 16.1 Å². The van der Waals surface area contributed by atoms with Crippen LogP contribution in [0.3, 0.4) is 0 Å². The number of halogens is 3. The predicted octanol–water partition coefficient (Wildman–Crippen LogP) is 2.78. The minimum Gasteiger partial charge on any atom is -0.458 e. The number of alkyl halides is 3. The van der Waals surface area contributed by atoms with Gasteiger partial charge in [0.05, 0.1) is 13.2 Å². The Morgan fingerprint density at radius 2 is 1.68 bits per heavy atom. The number of benzene rings is 1. The minimum absolute atomic E-state index is 0.0461. The fraction of sp³-hybridized carbons (Fsp3) is 0.533. The normalized spacial score (nSPS) is 14.2. The molecule has 0 aliphatic rings. The van der Waals surface area contributed by atoms with Crippen molar-refractivity contribution in [3.8, 4) is 0 Å². The standard InChI is InChI=1S/C15H19F3O6S/c1-14(2,3)23-13(19)12(24-25(20,21)15(16,17)18)10-22-9-11-7-5-4-6-8-11/h4-8,12H,9-10H2,1-3H3/t12-/m0/s1. The number of rotatable bonds is 7. The Bertz CT molecular complexity index is 665. The summed E-state index contributed by atoms with van der Waals surface area (Å²) in [5, 5.41) is 0. The minimum atomic E-state index is -5.97. The molecule has 0 heterocycles. The molecule has 0 aromatic heterocycles. The van der Waals surface area contributed by atoms with Crippen molar-refractivity contribution in [2.24, 2.45) is 0 Å². The zero-order valence-corrected chi connectivity index (χ0v) is 14.7. The molecule has 0 saturated carbocycles. The van der Waals surface area contributed by atoms with Gasteiger partial charge in [0.1, 0.15) is 5.60 Å². The third-order valence-corrected chi connectivity index (χ3v) is 3.63. The highest BCUT2D eigenvalue weighted by Crippen LogP contribution is 2.26. The Labute approximate surface area is 144 Å². The van der Waals surface area contributed by atoms with E-state index in [0.29, 0.717) is 5.56 Å². The summed E-state index contributed by atoms with van der Waals surface area (Å²) in [6.07, 6.45) is -2.07. The molecule has 0 aliphatic carbocycles. The van der Waals surface area contributed by atoms with Crippen molar-refractivity contribution in [2.45, 2.75) is 44.6 Å². The van der Waals surface area contributed by atoms with Crippen molar-refractivity contribution < 1.29 is 40.0 Å². The zero-order chi connectivity index (χ0) is 19.3. The molecular weight excluding hydrogens is 365 g/mol.